The number of benzene rings is 6. The number of amidine groups is 1. The number of hydrogen-bond donors (Lipinski definition) is 1. The van der Waals surface area contributed by atoms with E-state index >= 15 is 0 Å². The third-order valence-electron chi connectivity index (χ3n) is 7.79. The van der Waals surface area contributed by atoms with Crippen molar-refractivity contribution in [2.45, 2.75) is 0 Å². The standard InChI is InChI=1S/C38H29N8/c1-5-13-31(14-6-1)37-39-43(33-17-9-3-10-18-33)45(41-37)35-25-21-29(22-26-35)30-23-27-36(28-24-30)46-42-38(32-15-7-2-8-16-32)40-44(46)34-19-11-4-12-20-34/h1-28,45H/q+1. The van der Waals surface area contributed by atoms with E-state index in [2.05, 4.69) is 48.5 Å². The molecule has 1 aromatic heterocycles. The number of anilines is 1. The first kappa shape index (κ1) is 27.2. The number of nitrogens with zero attached hydrogens (tertiary/aromatic N) is 7. The van der Waals surface area contributed by atoms with Crippen LogP contribution in [-0.2, 0) is 0 Å². The fraction of sp³-hybridized carbons (Fsp3) is 0. The molecule has 0 spiro atoms. The van der Waals surface area contributed by atoms with E-state index in [1.165, 1.54) is 0 Å². The van der Waals surface area contributed by atoms with Gasteiger partial charge < -0.3 is 5.10 Å². The molecule has 8 heteroatoms. The highest BCUT2D eigenvalue weighted by Crippen LogP contribution is 2.24. The number of rotatable bonds is 7. The Morgan fingerprint density at radius 1 is 0.500 bits per heavy atom. The molecule has 46 heavy (non-hydrogen) atoms. The molecule has 1 aliphatic rings. The molecule has 1 unspecified atom stereocenters. The lowest BCUT2D eigenvalue weighted by atomic mass is 10.1. The summed E-state index contributed by atoms with van der Waals surface area (Å²) in [5.74, 6) is 1.35. The molecule has 0 saturated heterocycles. The summed E-state index contributed by atoms with van der Waals surface area (Å²) in [6.45, 7) is 0. The van der Waals surface area contributed by atoms with Crippen molar-refractivity contribution in [2.24, 2.45) is 5.10 Å². The van der Waals surface area contributed by atoms with Gasteiger partial charge in [0.25, 0.3) is 0 Å². The molecule has 0 amide bonds. The SMILES string of the molecule is c1ccc(C2=NN(c3ccccc3)[NH+](c3ccc(-c4ccc(-[n+]5nc(-c6ccccc6)nn5-c5ccccc5)cc4)cc3)[N-]2)cc1. The second-order valence-corrected chi connectivity index (χ2v) is 10.8. The zero-order chi connectivity index (χ0) is 30.7. The molecule has 1 aliphatic heterocycles. The van der Waals surface area contributed by atoms with E-state index in [-0.39, 0.29) is 0 Å². The molecule has 6 aromatic carbocycles. The van der Waals surface area contributed by atoms with Crippen molar-refractivity contribution < 1.29 is 9.91 Å². The first-order chi connectivity index (χ1) is 22.8. The van der Waals surface area contributed by atoms with Crippen LogP contribution in [0.1, 0.15) is 5.56 Å². The summed E-state index contributed by atoms with van der Waals surface area (Å²) in [4.78, 5) is 3.67. The second kappa shape index (κ2) is 12.0. The summed E-state index contributed by atoms with van der Waals surface area (Å²) >= 11 is 0. The van der Waals surface area contributed by atoms with Crippen LogP contribution in [0.25, 0.3) is 39.3 Å². The Bertz CT molecular complexity index is 2090. The van der Waals surface area contributed by atoms with Crippen molar-refractivity contribution >= 4 is 17.2 Å². The Morgan fingerprint density at radius 3 is 1.63 bits per heavy atom. The van der Waals surface area contributed by atoms with Crippen molar-refractivity contribution in [3.63, 3.8) is 0 Å². The fourth-order valence-corrected chi connectivity index (χ4v) is 5.44. The van der Waals surface area contributed by atoms with Crippen molar-refractivity contribution in [3.05, 3.63) is 181 Å². The molecule has 2 heterocycles. The summed E-state index contributed by atoms with van der Waals surface area (Å²) in [5, 5.41) is 17.3. The van der Waals surface area contributed by atoms with Gasteiger partial charge in [0.05, 0.1) is 16.3 Å². The molecule has 0 bridgehead atoms. The quantitative estimate of drug-likeness (QED) is 0.214. The van der Waals surface area contributed by atoms with E-state index in [1.807, 2.05) is 136 Å². The summed E-state index contributed by atoms with van der Waals surface area (Å²) in [6, 6.07) is 57.1. The summed E-state index contributed by atoms with van der Waals surface area (Å²) in [6.07, 6.45) is 0. The van der Waals surface area contributed by atoms with Gasteiger partial charge in [-0.3, -0.25) is 0 Å². The molecule has 1 atom stereocenters. The summed E-state index contributed by atoms with van der Waals surface area (Å²) < 4.78 is 0. The zero-order valence-electron chi connectivity index (χ0n) is 24.8. The number of hydrogen-bond acceptors (Lipinski definition) is 4. The van der Waals surface area contributed by atoms with Crippen LogP contribution in [0.3, 0.4) is 0 Å². The molecule has 0 aliphatic carbocycles. The van der Waals surface area contributed by atoms with Crippen LogP contribution >= 0.6 is 0 Å². The average molecular weight is 598 g/mol. The Labute approximate surface area is 266 Å². The van der Waals surface area contributed by atoms with Gasteiger partial charge in [-0.1, -0.05) is 84.9 Å². The maximum absolute atomic E-state index is 4.97. The summed E-state index contributed by atoms with van der Waals surface area (Å²) in [5.41, 5.74) is 12.9. The molecule has 0 radical (unpaired) electrons. The second-order valence-electron chi connectivity index (χ2n) is 10.8. The van der Waals surface area contributed by atoms with Crippen LogP contribution < -0.4 is 15.0 Å². The van der Waals surface area contributed by atoms with Gasteiger partial charge in [-0.15, -0.1) is 0 Å². The van der Waals surface area contributed by atoms with Crippen molar-refractivity contribution in [3.8, 4) is 33.9 Å². The highest BCUT2D eigenvalue weighted by Gasteiger charge is 2.25. The number of hydrazone groups is 1. The number of quaternary nitrogens is 1. The smallest absolute Gasteiger partial charge is 0.319 e. The average Bonchev–Trinajstić information content (AvgIpc) is 3.80. The van der Waals surface area contributed by atoms with E-state index < -0.39 is 0 Å². The monoisotopic (exact) mass is 597 g/mol. The maximum atomic E-state index is 4.97. The normalized spacial score (nSPS) is 14.1. The Balaban J connectivity index is 1.08. The van der Waals surface area contributed by atoms with E-state index in [0.717, 1.165) is 50.1 Å². The highest BCUT2D eigenvalue weighted by atomic mass is 15.9. The molecule has 0 saturated carbocycles. The fourth-order valence-electron chi connectivity index (χ4n) is 5.44. The lowest BCUT2D eigenvalue weighted by Gasteiger charge is -2.28. The first-order valence-electron chi connectivity index (χ1n) is 15.1. The lowest BCUT2D eigenvalue weighted by Crippen LogP contribution is -3.08. The Kier molecular flexibility index (Phi) is 7.07. The van der Waals surface area contributed by atoms with Crippen molar-refractivity contribution in [1.82, 2.24) is 15.0 Å². The van der Waals surface area contributed by atoms with Crippen LogP contribution in [-0.4, -0.2) is 20.8 Å². The number of tetrazole rings is 1. The molecular formula is C38H29N8+. The topological polar surface area (TPSA) is 68.7 Å². The van der Waals surface area contributed by atoms with Gasteiger partial charge in [-0.25, -0.2) is 5.43 Å². The van der Waals surface area contributed by atoms with Gasteiger partial charge in [0, 0.05) is 22.8 Å². The van der Waals surface area contributed by atoms with E-state index in [0.29, 0.717) is 11.7 Å². The molecule has 220 valence electrons. The number of para-hydroxylation sites is 2. The van der Waals surface area contributed by atoms with Crippen molar-refractivity contribution in [2.75, 3.05) is 5.12 Å². The number of aromatic nitrogens is 4. The minimum atomic E-state index is 0.655. The summed E-state index contributed by atoms with van der Waals surface area (Å²) in [7, 11) is 0. The van der Waals surface area contributed by atoms with E-state index in [9.17, 15) is 0 Å². The third-order valence-corrected chi connectivity index (χ3v) is 7.79. The van der Waals surface area contributed by atoms with E-state index in [4.69, 9.17) is 20.7 Å². The maximum Gasteiger partial charge on any atom is 0.340 e. The van der Waals surface area contributed by atoms with Crippen LogP contribution in [0, 0.1) is 0 Å². The number of nitrogens with one attached hydrogen (secondary N) is 1. The van der Waals surface area contributed by atoms with Crippen molar-refractivity contribution in [1.29, 1.82) is 0 Å². The Hall–Kier alpha value is -6.38. The van der Waals surface area contributed by atoms with Gasteiger partial charge in [-0.05, 0) is 99.4 Å². The zero-order valence-corrected chi connectivity index (χ0v) is 24.8. The third kappa shape index (κ3) is 5.29. The molecule has 8 nitrogen and oxygen atoms in total. The molecular weight excluding hydrogens is 568 g/mol. The largest absolute Gasteiger partial charge is 0.340 e. The molecule has 8 rings (SSSR count). The minimum absolute atomic E-state index is 0.655. The Morgan fingerprint density at radius 2 is 1.02 bits per heavy atom. The van der Waals surface area contributed by atoms with Gasteiger partial charge in [0.15, 0.2) is 11.4 Å². The van der Waals surface area contributed by atoms with Crippen LogP contribution in [0.4, 0.5) is 11.4 Å². The minimum Gasteiger partial charge on any atom is -0.319 e. The van der Waals surface area contributed by atoms with Gasteiger partial charge in [0.1, 0.15) is 5.69 Å². The first-order valence-corrected chi connectivity index (χ1v) is 15.1. The van der Waals surface area contributed by atoms with Crippen LogP contribution in [0.2, 0.25) is 0 Å². The highest BCUT2D eigenvalue weighted by molar-refractivity contribution is 6.08. The van der Waals surface area contributed by atoms with Gasteiger partial charge in [0.2, 0.25) is 0 Å². The van der Waals surface area contributed by atoms with Crippen LogP contribution in [0.5, 0.6) is 0 Å². The van der Waals surface area contributed by atoms with Gasteiger partial charge >= 0.3 is 5.82 Å². The molecule has 7 aromatic rings. The van der Waals surface area contributed by atoms with E-state index in [1.54, 1.807) is 0 Å². The molecule has 1 N–H and O–H groups in total. The van der Waals surface area contributed by atoms with Gasteiger partial charge in [-0.2, -0.15) is 10.2 Å². The lowest BCUT2D eigenvalue weighted by molar-refractivity contribution is -0.792. The van der Waals surface area contributed by atoms with Crippen LogP contribution in [0.15, 0.2) is 175 Å². The predicted octanol–water partition coefficient (Wildman–Crippen LogP) is 6.48. The predicted molar refractivity (Wildman–Crippen MR) is 180 cm³/mol. The molecule has 0 fully saturated rings.